The summed E-state index contributed by atoms with van der Waals surface area (Å²) in [4.78, 5) is 15.8. The van der Waals surface area contributed by atoms with E-state index in [0.717, 1.165) is 24.3 Å². The van der Waals surface area contributed by atoms with Gasteiger partial charge in [-0.2, -0.15) is 0 Å². The van der Waals surface area contributed by atoms with E-state index in [-0.39, 0.29) is 22.5 Å². The minimum Gasteiger partial charge on any atom is -0.478 e. The number of nitrogens with zero attached hydrogens (tertiary/aromatic N) is 1. The fraction of sp³-hybridized carbons (Fsp3) is 0.100. The molecule has 0 aliphatic rings. The summed E-state index contributed by atoms with van der Waals surface area (Å²) < 4.78 is 81.4. The van der Waals surface area contributed by atoms with Crippen LogP contribution in [0.15, 0.2) is 60.7 Å². The largest absolute Gasteiger partial charge is 0.573 e. The fourth-order valence-corrected chi connectivity index (χ4v) is 2.65. The van der Waals surface area contributed by atoms with Crippen molar-refractivity contribution in [2.45, 2.75) is 12.7 Å². The van der Waals surface area contributed by atoms with Gasteiger partial charge >= 0.3 is 18.7 Å². The molecule has 1 heterocycles. The molecular formula is C20H11F6NO4. The number of pyridine rings is 1. The van der Waals surface area contributed by atoms with Crippen molar-refractivity contribution in [1.82, 2.24) is 4.98 Å². The summed E-state index contributed by atoms with van der Waals surface area (Å²) in [6.07, 6.45) is -9.73. The summed E-state index contributed by atoms with van der Waals surface area (Å²) in [7, 11) is 0. The fourth-order valence-electron chi connectivity index (χ4n) is 2.65. The Balaban J connectivity index is 1.96. The summed E-state index contributed by atoms with van der Waals surface area (Å²) in [5.74, 6) is -2.26. The normalized spacial score (nSPS) is 11.8. The lowest BCUT2D eigenvalue weighted by Crippen LogP contribution is -2.17. The third kappa shape index (κ3) is 5.87. The molecule has 0 saturated heterocycles. The summed E-state index contributed by atoms with van der Waals surface area (Å²) in [6.45, 7) is 0. The van der Waals surface area contributed by atoms with Gasteiger partial charge < -0.3 is 14.6 Å². The Morgan fingerprint density at radius 2 is 1.16 bits per heavy atom. The Morgan fingerprint density at radius 1 is 0.710 bits per heavy atom. The maximum Gasteiger partial charge on any atom is 0.573 e. The minimum absolute atomic E-state index is 0.0424. The molecule has 0 amide bonds. The number of carboxylic acid groups (broad SMARTS) is 1. The first-order valence-corrected chi connectivity index (χ1v) is 8.38. The SMILES string of the molecule is O=C(O)c1ccc(-c2ccc(OC(F)(F)F)cc2)nc1-c1ccc(OC(F)(F)F)cc1. The molecule has 1 N–H and O–H groups in total. The molecule has 2 aromatic carbocycles. The number of halogens is 6. The van der Waals surface area contributed by atoms with Crippen molar-refractivity contribution < 1.29 is 45.7 Å². The van der Waals surface area contributed by atoms with E-state index in [4.69, 9.17) is 0 Å². The van der Waals surface area contributed by atoms with Crippen LogP contribution in [-0.2, 0) is 0 Å². The van der Waals surface area contributed by atoms with Crippen LogP contribution in [0.5, 0.6) is 11.5 Å². The zero-order valence-corrected chi connectivity index (χ0v) is 15.2. The summed E-state index contributed by atoms with van der Waals surface area (Å²) in [6, 6.07) is 11.8. The maximum absolute atomic E-state index is 12.3. The number of aromatic nitrogens is 1. The van der Waals surface area contributed by atoms with Crippen LogP contribution >= 0.6 is 0 Å². The van der Waals surface area contributed by atoms with Crippen LogP contribution in [0.1, 0.15) is 10.4 Å². The van der Waals surface area contributed by atoms with Crippen LogP contribution in [0.4, 0.5) is 26.3 Å². The van der Waals surface area contributed by atoms with E-state index in [1.165, 1.54) is 36.4 Å². The Labute approximate surface area is 170 Å². The second-order valence-corrected chi connectivity index (χ2v) is 6.04. The first-order chi connectivity index (χ1) is 14.4. The van der Waals surface area contributed by atoms with Crippen LogP contribution in [0.2, 0.25) is 0 Å². The van der Waals surface area contributed by atoms with E-state index in [1.807, 2.05) is 0 Å². The monoisotopic (exact) mass is 443 g/mol. The molecule has 0 saturated carbocycles. The van der Waals surface area contributed by atoms with Gasteiger partial charge in [-0.05, 0) is 60.7 Å². The van der Waals surface area contributed by atoms with Crippen LogP contribution in [-0.4, -0.2) is 28.8 Å². The zero-order chi connectivity index (χ0) is 22.8. The van der Waals surface area contributed by atoms with Crippen molar-refractivity contribution in [3.63, 3.8) is 0 Å². The third-order valence-electron chi connectivity index (χ3n) is 3.87. The van der Waals surface area contributed by atoms with E-state index in [1.54, 1.807) is 0 Å². The van der Waals surface area contributed by atoms with Crippen molar-refractivity contribution >= 4 is 5.97 Å². The maximum atomic E-state index is 12.3. The van der Waals surface area contributed by atoms with Crippen molar-refractivity contribution in [1.29, 1.82) is 0 Å². The lowest BCUT2D eigenvalue weighted by molar-refractivity contribution is -0.275. The second kappa shape index (κ2) is 8.17. The Morgan fingerprint density at radius 3 is 1.58 bits per heavy atom. The van der Waals surface area contributed by atoms with Crippen LogP contribution in [0, 0.1) is 0 Å². The van der Waals surface area contributed by atoms with Gasteiger partial charge in [0.25, 0.3) is 0 Å². The number of hydrogen-bond donors (Lipinski definition) is 1. The van der Waals surface area contributed by atoms with Crippen LogP contribution < -0.4 is 9.47 Å². The second-order valence-electron chi connectivity index (χ2n) is 6.04. The van der Waals surface area contributed by atoms with Gasteiger partial charge in [-0.1, -0.05) is 0 Å². The average molecular weight is 443 g/mol. The molecule has 31 heavy (non-hydrogen) atoms. The van der Waals surface area contributed by atoms with Crippen molar-refractivity contribution in [3.8, 4) is 34.0 Å². The van der Waals surface area contributed by atoms with Gasteiger partial charge in [-0.25, -0.2) is 9.78 Å². The summed E-state index contributed by atoms with van der Waals surface area (Å²) in [5.41, 5.74) is 0.536. The highest BCUT2D eigenvalue weighted by molar-refractivity contribution is 5.95. The van der Waals surface area contributed by atoms with Gasteiger partial charge in [-0.3, -0.25) is 0 Å². The van der Waals surface area contributed by atoms with Crippen molar-refractivity contribution in [3.05, 3.63) is 66.2 Å². The molecule has 5 nitrogen and oxygen atoms in total. The molecular weight excluding hydrogens is 432 g/mol. The standard InChI is InChI=1S/C20H11F6NO4/c21-19(22,23)30-13-5-1-11(2-6-13)16-10-9-15(18(28)29)17(27-16)12-3-7-14(8-4-12)31-20(24,25)26/h1-10H,(H,28,29). The molecule has 0 aliphatic carbocycles. The number of rotatable bonds is 5. The Bertz CT molecular complexity index is 1080. The van der Waals surface area contributed by atoms with Gasteiger partial charge in [0, 0.05) is 11.1 Å². The number of carboxylic acids is 1. The number of alkyl halides is 6. The van der Waals surface area contributed by atoms with Gasteiger partial charge in [0.1, 0.15) is 11.5 Å². The first-order valence-electron chi connectivity index (χ1n) is 8.38. The van der Waals surface area contributed by atoms with Gasteiger partial charge in [0.2, 0.25) is 0 Å². The van der Waals surface area contributed by atoms with Crippen LogP contribution in [0.3, 0.4) is 0 Å². The molecule has 0 unspecified atom stereocenters. The molecule has 0 atom stereocenters. The molecule has 162 valence electrons. The first kappa shape index (κ1) is 21.9. The van der Waals surface area contributed by atoms with E-state index in [0.29, 0.717) is 5.56 Å². The quantitative estimate of drug-likeness (QED) is 0.497. The highest BCUT2D eigenvalue weighted by Crippen LogP contribution is 2.31. The molecule has 0 radical (unpaired) electrons. The Kier molecular flexibility index (Phi) is 5.78. The summed E-state index contributed by atoms with van der Waals surface area (Å²) in [5, 5.41) is 9.40. The predicted molar refractivity (Wildman–Crippen MR) is 95.4 cm³/mol. The number of ether oxygens (including phenoxy) is 2. The van der Waals surface area contributed by atoms with Crippen LogP contribution in [0.25, 0.3) is 22.5 Å². The summed E-state index contributed by atoms with van der Waals surface area (Å²) >= 11 is 0. The molecule has 1 aromatic heterocycles. The molecule has 0 bridgehead atoms. The lowest BCUT2D eigenvalue weighted by Gasteiger charge is -2.12. The Hall–Kier alpha value is -3.76. The molecule has 0 aliphatic heterocycles. The lowest BCUT2D eigenvalue weighted by atomic mass is 10.0. The van der Waals surface area contributed by atoms with E-state index >= 15 is 0 Å². The van der Waals surface area contributed by atoms with Gasteiger partial charge in [-0.15, -0.1) is 26.3 Å². The van der Waals surface area contributed by atoms with Gasteiger partial charge in [0.15, 0.2) is 0 Å². The van der Waals surface area contributed by atoms with E-state index < -0.39 is 30.2 Å². The molecule has 3 aromatic rings. The predicted octanol–water partition coefficient (Wildman–Crippen LogP) is 5.91. The van der Waals surface area contributed by atoms with Crippen molar-refractivity contribution in [2.75, 3.05) is 0 Å². The molecule has 0 spiro atoms. The van der Waals surface area contributed by atoms with Crippen molar-refractivity contribution in [2.24, 2.45) is 0 Å². The number of hydrogen-bond acceptors (Lipinski definition) is 4. The topological polar surface area (TPSA) is 68.7 Å². The number of aromatic carboxylic acids is 1. The zero-order valence-electron chi connectivity index (χ0n) is 15.2. The van der Waals surface area contributed by atoms with Gasteiger partial charge in [0.05, 0.1) is 17.0 Å². The minimum atomic E-state index is -4.88. The number of benzene rings is 2. The number of carbonyl (C=O) groups is 1. The van der Waals surface area contributed by atoms with E-state index in [2.05, 4.69) is 14.5 Å². The molecule has 3 rings (SSSR count). The highest BCUT2D eigenvalue weighted by Gasteiger charge is 2.31. The third-order valence-corrected chi connectivity index (χ3v) is 3.87. The van der Waals surface area contributed by atoms with E-state index in [9.17, 15) is 36.2 Å². The molecule has 11 heteroatoms. The smallest absolute Gasteiger partial charge is 0.478 e. The highest BCUT2D eigenvalue weighted by atomic mass is 19.4. The molecule has 0 fully saturated rings. The average Bonchev–Trinajstić information content (AvgIpc) is 2.66.